The van der Waals surface area contributed by atoms with E-state index in [0.717, 1.165) is 11.1 Å². The maximum absolute atomic E-state index is 11.3. The number of anilines is 1. The van der Waals surface area contributed by atoms with E-state index in [0.29, 0.717) is 30.3 Å². The molecule has 5 nitrogen and oxygen atoms in total. The first kappa shape index (κ1) is 20.6. The van der Waals surface area contributed by atoms with E-state index in [1.54, 1.807) is 19.2 Å². The standard InChI is InChI=1S/C23H22ClNO4/c1-15-6-8-16(9-7-15)14-29-22-17(4-3-5-21(22)28-2)13-25-18-10-11-20(24)19(12-18)23(26)27/h3-12,25H,13-14H2,1-2H3,(H,26,27). The second-order valence-electron chi connectivity index (χ2n) is 6.58. The molecule has 0 unspecified atom stereocenters. The van der Waals surface area contributed by atoms with Crippen molar-refractivity contribution >= 4 is 23.3 Å². The Morgan fingerprint density at radius 2 is 1.86 bits per heavy atom. The van der Waals surface area contributed by atoms with Gasteiger partial charge in [-0.1, -0.05) is 53.6 Å². The quantitative estimate of drug-likeness (QED) is 0.509. The number of carbonyl (C=O) groups is 1. The number of carboxylic acids is 1. The van der Waals surface area contributed by atoms with E-state index in [4.69, 9.17) is 21.1 Å². The van der Waals surface area contributed by atoms with Crippen molar-refractivity contribution in [2.45, 2.75) is 20.1 Å². The lowest BCUT2D eigenvalue weighted by molar-refractivity contribution is 0.0697. The zero-order chi connectivity index (χ0) is 20.8. The van der Waals surface area contributed by atoms with Gasteiger partial charge in [-0.15, -0.1) is 0 Å². The number of para-hydroxylation sites is 1. The Bertz CT molecular complexity index is 1000. The third kappa shape index (κ3) is 5.21. The molecule has 2 N–H and O–H groups in total. The van der Waals surface area contributed by atoms with Crippen molar-refractivity contribution < 1.29 is 19.4 Å². The van der Waals surface area contributed by atoms with Gasteiger partial charge in [-0.3, -0.25) is 0 Å². The number of aryl methyl sites for hydroxylation is 1. The van der Waals surface area contributed by atoms with E-state index in [9.17, 15) is 9.90 Å². The summed E-state index contributed by atoms with van der Waals surface area (Å²) in [5.74, 6) is 0.219. The fourth-order valence-electron chi connectivity index (χ4n) is 2.86. The number of aromatic carboxylic acids is 1. The summed E-state index contributed by atoms with van der Waals surface area (Å²) in [6.45, 7) is 2.89. The van der Waals surface area contributed by atoms with Gasteiger partial charge in [0.05, 0.1) is 17.7 Å². The van der Waals surface area contributed by atoms with Crippen LogP contribution in [0.4, 0.5) is 5.69 Å². The number of methoxy groups -OCH3 is 1. The maximum Gasteiger partial charge on any atom is 0.337 e. The Hall–Kier alpha value is -3.18. The normalized spacial score (nSPS) is 10.4. The number of hydrogen-bond acceptors (Lipinski definition) is 4. The molecule has 0 saturated carbocycles. The minimum absolute atomic E-state index is 0.0538. The van der Waals surface area contributed by atoms with Crippen molar-refractivity contribution in [2.75, 3.05) is 12.4 Å². The highest BCUT2D eigenvalue weighted by Crippen LogP contribution is 2.32. The van der Waals surface area contributed by atoms with Crippen molar-refractivity contribution in [1.82, 2.24) is 0 Å². The molecule has 0 saturated heterocycles. The Morgan fingerprint density at radius 1 is 1.10 bits per heavy atom. The summed E-state index contributed by atoms with van der Waals surface area (Å²) in [6.07, 6.45) is 0. The molecule has 3 aromatic carbocycles. The Morgan fingerprint density at radius 3 is 2.55 bits per heavy atom. The number of benzene rings is 3. The fraction of sp³-hybridized carbons (Fsp3) is 0.174. The highest BCUT2D eigenvalue weighted by Gasteiger charge is 2.13. The van der Waals surface area contributed by atoms with Gasteiger partial charge in [0, 0.05) is 17.8 Å². The summed E-state index contributed by atoms with van der Waals surface area (Å²) in [4.78, 5) is 11.3. The van der Waals surface area contributed by atoms with E-state index >= 15 is 0 Å². The molecule has 0 aromatic heterocycles. The van der Waals surface area contributed by atoms with Gasteiger partial charge in [-0.2, -0.15) is 0 Å². The van der Waals surface area contributed by atoms with Gasteiger partial charge in [0.25, 0.3) is 0 Å². The SMILES string of the molecule is COc1cccc(CNc2ccc(Cl)c(C(=O)O)c2)c1OCc1ccc(C)cc1. The molecule has 3 aromatic rings. The first-order valence-corrected chi connectivity index (χ1v) is 9.46. The van der Waals surface area contributed by atoms with E-state index in [1.807, 2.05) is 49.4 Å². The molecule has 0 radical (unpaired) electrons. The molecule has 0 heterocycles. The van der Waals surface area contributed by atoms with Crippen molar-refractivity contribution in [3.63, 3.8) is 0 Å². The highest BCUT2D eigenvalue weighted by atomic mass is 35.5. The van der Waals surface area contributed by atoms with Gasteiger partial charge in [0.2, 0.25) is 0 Å². The van der Waals surface area contributed by atoms with E-state index in [-0.39, 0.29) is 10.6 Å². The van der Waals surface area contributed by atoms with Crippen molar-refractivity contribution in [1.29, 1.82) is 0 Å². The van der Waals surface area contributed by atoms with Crippen LogP contribution < -0.4 is 14.8 Å². The lowest BCUT2D eigenvalue weighted by Crippen LogP contribution is -2.06. The van der Waals surface area contributed by atoms with Crippen LogP contribution in [0.25, 0.3) is 0 Å². The van der Waals surface area contributed by atoms with Crippen molar-refractivity contribution in [3.8, 4) is 11.5 Å². The largest absolute Gasteiger partial charge is 0.493 e. The van der Waals surface area contributed by atoms with Crippen LogP contribution in [-0.4, -0.2) is 18.2 Å². The lowest BCUT2D eigenvalue weighted by Gasteiger charge is -2.16. The van der Waals surface area contributed by atoms with Crippen LogP contribution in [0.1, 0.15) is 27.0 Å². The number of rotatable bonds is 8. The summed E-state index contributed by atoms with van der Waals surface area (Å²) in [6, 6.07) is 18.6. The van der Waals surface area contributed by atoms with Crippen LogP contribution in [0.3, 0.4) is 0 Å². The van der Waals surface area contributed by atoms with Gasteiger partial charge in [-0.05, 0) is 36.8 Å². The molecule has 29 heavy (non-hydrogen) atoms. The van der Waals surface area contributed by atoms with Crippen LogP contribution in [0, 0.1) is 6.92 Å². The highest BCUT2D eigenvalue weighted by molar-refractivity contribution is 6.33. The van der Waals surface area contributed by atoms with Gasteiger partial charge in [0.1, 0.15) is 6.61 Å². The Labute approximate surface area is 174 Å². The Balaban J connectivity index is 1.77. The zero-order valence-electron chi connectivity index (χ0n) is 16.2. The van der Waals surface area contributed by atoms with Gasteiger partial charge in [0.15, 0.2) is 11.5 Å². The van der Waals surface area contributed by atoms with Gasteiger partial charge in [-0.25, -0.2) is 4.79 Å². The summed E-state index contributed by atoms with van der Waals surface area (Å²) in [5.41, 5.74) is 3.85. The first-order chi connectivity index (χ1) is 14.0. The summed E-state index contributed by atoms with van der Waals surface area (Å²) < 4.78 is 11.5. The molecule has 3 rings (SSSR count). The predicted octanol–water partition coefficient (Wildman–Crippen LogP) is 5.55. The number of ether oxygens (including phenoxy) is 2. The van der Waals surface area contributed by atoms with E-state index in [2.05, 4.69) is 5.32 Å². The average molecular weight is 412 g/mol. The fourth-order valence-corrected chi connectivity index (χ4v) is 3.06. The second-order valence-corrected chi connectivity index (χ2v) is 6.98. The van der Waals surface area contributed by atoms with Crippen LogP contribution in [-0.2, 0) is 13.2 Å². The molecule has 0 atom stereocenters. The third-order valence-corrected chi connectivity index (χ3v) is 4.79. The molecule has 0 bridgehead atoms. The molecular weight excluding hydrogens is 390 g/mol. The van der Waals surface area contributed by atoms with Crippen LogP contribution >= 0.6 is 11.6 Å². The van der Waals surface area contributed by atoms with Crippen LogP contribution in [0.2, 0.25) is 5.02 Å². The molecule has 0 aliphatic heterocycles. The number of carboxylic acid groups (broad SMARTS) is 1. The second kappa shape index (κ2) is 9.34. The molecule has 0 spiro atoms. The molecule has 150 valence electrons. The van der Waals surface area contributed by atoms with Gasteiger partial charge >= 0.3 is 5.97 Å². The Kier molecular flexibility index (Phi) is 6.62. The smallest absolute Gasteiger partial charge is 0.337 e. The number of halogens is 1. The summed E-state index contributed by atoms with van der Waals surface area (Å²) in [5, 5.41) is 12.7. The van der Waals surface area contributed by atoms with Crippen molar-refractivity contribution in [2.24, 2.45) is 0 Å². The maximum atomic E-state index is 11.3. The molecule has 0 fully saturated rings. The summed E-state index contributed by atoms with van der Waals surface area (Å²) in [7, 11) is 1.60. The average Bonchev–Trinajstić information content (AvgIpc) is 2.72. The predicted molar refractivity (Wildman–Crippen MR) is 114 cm³/mol. The minimum Gasteiger partial charge on any atom is -0.493 e. The topological polar surface area (TPSA) is 67.8 Å². The number of nitrogens with one attached hydrogen (secondary N) is 1. The molecular formula is C23H22ClNO4. The molecule has 0 aliphatic carbocycles. The van der Waals surface area contributed by atoms with E-state index in [1.165, 1.54) is 11.6 Å². The minimum atomic E-state index is -1.07. The van der Waals surface area contributed by atoms with Crippen molar-refractivity contribution in [3.05, 3.63) is 87.9 Å². The van der Waals surface area contributed by atoms with Crippen LogP contribution in [0.15, 0.2) is 60.7 Å². The lowest BCUT2D eigenvalue weighted by atomic mass is 10.1. The molecule has 0 aliphatic rings. The van der Waals surface area contributed by atoms with Gasteiger partial charge < -0.3 is 19.9 Å². The molecule has 0 amide bonds. The summed E-state index contributed by atoms with van der Waals surface area (Å²) >= 11 is 5.94. The first-order valence-electron chi connectivity index (χ1n) is 9.09. The number of hydrogen-bond donors (Lipinski definition) is 2. The third-order valence-electron chi connectivity index (χ3n) is 4.46. The zero-order valence-corrected chi connectivity index (χ0v) is 17.0. The van der Waals surface area contributed by atoms with Crippen LogP contribution in [0.5, 0.6) is 11.5 Å². The molecule has 6 heteroatoms. The monoisotopic (exact) mass is 411 g/mol. The van der Waals surface area contributed by atoms with E-state index < -0.39 is 5.97 Å².